The molecule has 0 spiro atoms. The summed E-state index contributed by atoms with van der Waals surface area (Å²) in [6.45, 7) is 7.29. The van der Waals surface area contributed by atoms with Crippen LogP contribution in [0.1, 0.15) is 88.2 Å². The zero-order valence-corrected chi connectivity index (χ0v) is 15.6. The van der Waals surface area contributed by atoms with E-state index in [1.165, 1.54) is 75.3 Å². The van der Waals surface area contributed by atoms with Crippen molar-refractivity contribution in [3.63, 3.8) is 0 Å². The second-order valence-electron chi connectivity index (χ2n) is 7.47. The van der Waals surface area contributed by atoms with Gasteiger partial charge in [-0.25, -0.2) is 0 Å². The molecule has 0 radical (unpaired) electrons. The lowest BCUT2D eigenvalue weighted by Gasteiger charge is -2.29. The predicted octanol–water partition coefficient (Wildman–Crippen LogP) is 7.02. The quantitative estimate of drug-likeness (QED) is 0.313. The van der Waals surface area contributed by atoms with E-state index in [1.807, 2.05) is 0 Å². The van der Waals surface area contributed by atoms with Crippen molar-refractivity contribution in [3.8, 4) is 0 Å². The average molecular weight is 329 g/mol. The Hall–Kier alpha value is -1.08. The number of benzene rings is 1. The van der Waals surface area contributed by atoms with Gasteiger partial charge in [0.15, 0.2) is 0 Å². The van der Waals surface area contributed by atoms with Gasteiger partial charge in [0.1, 0.15) is 0 Å². The molecule has 0 amide bonds. The van der Waals surface area contributed by atoms with Crippen molar-refractivity contribution in [1.82, 2.24) is 0 Å². The topological polar surface area (TPSA) is 9.23 Å². The molecule has 0 heterocycles. The van der Waals surface area contributed by atoms with E-state index in [0.717, 1.165) is 11.8 Å². The van der Waals surface area contributed by atoms with Crippen LogP contribution in [-0.4, -0.2) is 6.61 Å². The fourth-order valence-electron chi connectivity index (χ4n) is 3.97. The van der Waals surface area contributed by atoms with Crippen LogP contribution in [0.5, 0.6) is 0 Å². The molecule has 1 nitrogen and oxygen atoms in total. The summed E-state index contributed by atoms with van der Waals surface area (Å²) in [5.74, 6) is 1.78. The first-order chi connectivity index (χ1) is 11.8. The Morgan fingerprint density at radius 1 is 1.00 bits per heavy atom. The van der Waals surface area contributed by atoms with Crippen LogP contribution in [0, 0.1) is 5.92 Å². The van der Waals surface area contributed by atoms with Crippen LogP contribution in [-0.2, 0) is 11.3 Å². The zero-order chi connectivity index (χ0) is 17.0. The van der Waals surface area contributed by atoms with Crippen molar-refractivity contribution in [3.05, 3.63) is 48.0 Å². The fourth-order valence-corrected chi connectivity index (χ4v) is 3.97. The molecule has 1 aliphatic carbocycles. The molecule has 2 rings (SSSR count). The Morgan fingerprint density at radius 2 is 1.71 bits per heavy atom. The van der Waals surface area contributed by atoms with Gasteiger partial charge in [0.2, 0.25) is 0 Å². The summed E-state index contributed by atoms with van der Waals surface area (Å²) in [5.41, 5.74) is 2.80. The monoisotopic (exact) mass is 328 g/mol. The molecule has 0 atom stereocenters. The van der Waals surface area contributed by atoms with Crippen LogP contribution in [0.15, 0.2) is 36.9 Å². The summed E-state index contributed by atoms with van der Waals surface area (Å²) in [7, 11) is 0. The Bertz CT molecular complexity index is 440. The molecule has 0 N–H and O–H groups in total. The lowest BCUT2D eigenvalue weighted by atomic mass is 9.77. The van der Waals surface area contributed by atoms with Gasteiger partial charge < -0.3 is 4.74 Å². The molecule has 0 aromatic heterocycles. The summed E-state index contributed by atoms with van der Waals surface area (Å²) in [6.07, 6.45) is 16.0. The molecule has 0 unspecified atom stereocenters. The van der Waals surface area contributed by atoms with Crippen molar-refractivity contribution >= 4 is 0 Å². The van der Waals surface area contributed by atoms with Gasteiger partial charge in [0.05, 0.1) is 13.2 Å². The van der Waals surface area contributed by atoms with Crippen LogP contribution >= 0.6 is 0 Å². The molecule has 1 fully saturated rings. The zero-order valence-electron chi connectivity index (χ0n) is 15.6. The second-order valence-corrected chi connectivity index (χ2v) is 7.47. The first kappa shape index (κ1) is 19.2. The molecule has 1 aliphatic rings. The first-order valence-electron chi connectivity index (χ1n) is 10.1. The summed E-state index contributed by atoms with van der Waals surface area (Å²) in [6, 6.07) is 9.11. The molecule has 0 saturated heterocycles. The molecule has 0 aliphatic heterocycles. The second kappa shape index (κ2) is 11.5. The summed E-state index contributed by atoms with van der Waals surface area (Å²) in [5, 5.41) is 0. The van der Waals surface area contributed by atoms with Crippen LogP contribution in [0.25, 0.3) is 0 Å². The average Bonchev–Trinajstić information content (AvgIpc) is 2.63. The molecule has 1 aromatic rings. The molecule has 1 saturated carbocycles. The smallest absolute Gasteiger partial charge is 0.0721 e. The number of rotatable bonds is 11. The highest BCUT2D eigenvalue weighted by molar-refractivity contribution is 5.25. The molecule has 24 heavy (non-hydrogen) atoms. The Labute approximate surface area is 149 Å². The third-order valence-electron chi connectivity index (χ3n) is 5.52. The lowest BCUT2D eigenvalue weighted by molar-refractivity contribution is 0.149. The van der Waals surface area contributed by atoms with E-state index in [1.54, 1.807) is 6.08 Å². The minimum absolute atomic E-state index is 0.629. The van der Waals surface area contributed by atoms with Crippen molar-refractivity contribution < 1.29 is 4.74 Å². The minimum atomic E-state index is 0.629. The molecule has 1 aromatic carbocycles. The van der Waals surface area contributed by atoms with Crippen molar-refractivity contribution in [1.29, 1.82) is 0 Å². The third kappa shape index (κ3) is 6.81. The van der Waals surface area contributed by atoms with Crippen LogP contribution in [0.2, 0.25) is 0 Å². The van der Waals surface area contributed by atoms with E-state index in [-0.39, 0.29) is 0 Å². The highest BCUT2D eigenvalue weighted by atomic mass is 16.5. The number of unbranched alkanes of at least 4 members (excludes halogenated alkanes) is 4. The standard InChI is InChI=1S/C23H36O/c1-3-5-6-7-8-9-20-10-14-22(15-11-20)23-16-12-21(13-17-23)19-24-18-4-2/h4,12-13,16-17,20,22H,2-3,5-11,14-15,18-19H2,1H3/t20-,22-. The Kier molecular flexibility index (Phi) is 9.20. The maximum atomic E-state index is 5.51. The van der Waals surface area contributed by atoms with Gasteiger partial charge in [0.25, 0.3) is 0 Å². The van der Waals surface area contributed by atoms with E-state index in [9.17, 15) is 0 Å². The van der Waals surface area contributed by atoms with Crippen molar-refractivity contribution in [2.75, 3.05) is 6.61 Å². The number of ether oxygens (including phenoxy) is 1. The molecule has 0 bridgehead atoms. The highest BCUT2D eigenvalue weighted by Crippen LogP contribution is 2.37. The normalized spacial score (nSPS) is 20.9. The molecular formula is C23H36O. The van der Waals surface area contributed by atoms with E-state index in [0.29, 0.717) is 13.2 Å². The van der Waals surface area contributed by atoms with E-state index < -0.39 is 0 Å². The molecule has 134 valence electrons. The van der Waals surface area contributed by atoms with E-state index >= 15 is 0 Å². The van der Waals surface area contributed by atoms with Gasteiger partial charge in [0, 0.05) is 0 Å². The maximum Gasteiger partial charge on any atom is 0.0721 e. The fraction of sp³-hybridized carbons (Fsp3) is 0.652. The number of hydrogen-bond donors (Lipinski definition) is 0. The molecular weight excluding hydrogens is 292 g/mol. The van der Waals surface area contributed by atoms with Gasteiger partial charge >= 0.3 is 0 Å². The predicted molar refractivity (Wildman–Crippen MR) is 104 cm³/mol. The van der Waals surface area contributed by atoms with Crippen LogP contribution in [0.3, 0.4) is 0 Å². The summed E-state index contributed by atoms with van der Waals surface area (Å²) >= 11 is 0. The molecule has 1 heteroatoms. The lowest BCUT2D eigenvalue weighted by Crippen LogP contribution is -2.13. The van der Waals surface area contributed by atoms with Gasteiger partial charge in [-0.1, -0.05) is 75.8 Å². The third-order valence-corrected chi connectivity index (χ3v) is 5.52. The van der Waals surface area contributed by atoms with Gasteiger partial charge in [-0.05, 0) is 48.6 Å². The van der Waals surface area contributed by atoms with Gasteiger partial charge in [-0.3, -0.25) is 0 Å². The van der Waals surface area contributed by atoms with Crippen molar-refractivity contribution in [2.24, 2.45) is 5.92 Å². The Morgan fingerprint density at radius 3 is 2.38 bits per heavy atom. The minimum Gasteiger partial charge on any atom is -0.373 e. The summed E-state index contributed by atoms with van der Waals surface area (Å²) in [4.78, 5) is 0. The maximum absolute atomic E-state index is 5.51. The summed E-state index contributed by atoms with van der Waals surface area (Å²) < 4.78 is 5.51. The highest BCUT2D eigenvalue weighted by Gasteiger charge is 2.21. The Balaban J connectivity index is 1.67. The SMILES string of the molecule is C=CCOCc1ccc([C@H]2CC[C@H](CCCCCCC)CC2)cc1. The van der Waals surface area contributed by atoms with Gasteiger partial charge in [-0.15, -0.1) is 6.58 Å². The first-order valence-corrected chi connectivity index (χ1v) is 10.1. The van der Waals surface area contributed by atoms with Crippen LogP contribution in [0.4, 0.5) is 0 Å². The van der Waals surface area contributed by atoms with Crippen molar-refractivity contribution in [2.45, 2.75) is 83.7 Å². The number of hydrogen-bond acceptors (Lipinski definition) is 1. The van der Waals surface area contributed by atoms with Crippen LogP contribution < -0.4 is 0 Å². The van der Waals surface area contributed by atoms with Gasteiger partial charge in [-0.2, -0.15) is 0 Å². The van der Waals surface area contributed by atoms with E-state index in [2.05, 4.69) is 37.8 Å². The largest absolute Gasteiger partial charge is 0.373 e. The van der Waals surface area contributed by atoms with E-state index in [4.69, 9.17) is 4.74 Å².